The Morgan fingerprint density at radius 3 is 1.65 bits per heavy atom. The van der Waals surface area contributed by atoms with Gasteiger partial charge in [0, 0.05) is 25.2 Å². The lowest BCUT2D eigenvalue weighted by atomic mass is 9.99. The van der Waals surface area contributed by atoms with Crippen LogP contribution in [0.25, 0.3) is 22.1 Å². The van der Waals surface area contributed by atoms with E-state index in [0.717, 1.165) is 33.2 Å². The summed E-state index contributed by atoms with van der Waals surface area (Å²) in [6.45, 7) is 0. The molecule has 2 heterocycles. The molecule has 0 aliphatic rings. The van der Waals surface area contributed by atoms with E-state index in [0.29, 0.717) is 29.4 Å². The minimum absolute atomic E-state index is 0.0721. The van der Waals surface area contributed by atoms with E-state index in [1.807, 2.05) is 102 Å². The number of hydrazone groups is 2. The van der Waals surface area contributed by atoms with Crippen LogP contribution in [0.2, 0.25) is 0 Å². The zero-order chi connectivity index (χ0) is 27.5. The Morgan fingerprint density at radius 1 is 0.675 bits per heavy atom. The highest BCUT2D eigenvalue weighted by atomic mass is 16.3. The van der Waals surface area contributed by atoms with Crippen molar-refractivity contribution in [2.75, 3.05) is 10.9 Å². The number of benzene rings is 4. The molecule has 0 atom stereocenters. The summed E-state index contributed by atoms with van der Waals surface area (Å²) in [4.78, 5) is 9.17. The van der Waals surface area contributed by atoms with Gasteiger partial charge in [-0.3, -0.25) is 0 Å². The SMILES string of the molecule is Cn1c(N/N=C\c2cc(Cc3ccccc3)cc(/C=N\Nc3nc4ccccc4n3C)c2O)nc2ccccc21. The predicted molar refractivity (Wildman–Crippen MR) is 161 cm³/mol. The summed E-state index contributed by atoms with van der Waals surface area (Å²) in [5.41, 5.74) is 13.1. The van der Waals surface area contributed by atoms with E-state index >= 15 is 0 Å². The molecule has 0 unspecified atom stereocenters. The maximum atomic E-state index is 11.1. The van der Waals surface area contributed by atoms with E-state index in [2.05, 4.69) is 43.2 Å². The molecule has 0 amide bonds. The number of para-hydroxylation sites is 4. The maximum absolute atomic E-state index is 11.1. The monoisotopic (exact) mass is 528 g/mol. The number of nitrogens with zero attached hydrogens (tertiary/aromatic N) is 6. The van der Waals surface area contributed by atoms with Crippen LogP contribution >= 0.6 is 0 Å². The topological polar surface area (TPSA) is 105 Å². The third-order valence-corrected chi connectivity index (χ3v) is 6.79. The molecule has 2 aromatic heterocycles. The molecular weight excluding hydrogens is 500 g/mol. The molecule has 0 saturated heterocycles. The minimum atomic E-state index is 0.0721. The van der Waals surface area contributed by atoms with Crippen molar-refractivity contribution >= 4 is 46.4 Å². The smallest absolute Gasteiger partial charge is 0.224 e. The molecule has 6 rings (SSSR count). The Hall–Kier alpha value is -5.44. The van der Waals surface area contributed by atoms with Crippen molar-refractivity contribution in [3.8, 4) is 5.75 Å². The van der Waals surface area contributed by atoms with Crippen LogP contribution in [0.1, 0.15) is 22.3 Å². The zero-order valence-electron chi connectivity index (χ0n) is 22.2. The summed E-state index contributed by atoms with van der Waals surface area (Å²) in [6, 6.07) is 29.8. The number of aryl methyl sites for hydroxylation is 2. The van der Waals surface area contributed by atoms with Gasteiger partial charge in [-0.05, 0) is 53.9 Å². The summed E-state index contributed by atoms with van der Waals surface area (Å²) in [6.07, 6.45) is 3.89. The third-order valence-electron chi connectivity index (χ3n) is 6.79. The standard InChI is InChI=1S/C31H28N8O/c1-38-27-14-8-6-12-25(27)34-30(38)36-32-19-23-17-22(16-21-10-4-3-5-11-21)18-24(29(23)40)20-33-37-31-35-26-13-7-9-15-28(26)39(31)2/h3-15,17-20,40H,16H2,1-2H3,(H,34,36)(H,35,37)/b32-19-,33-20-. The second-order valence-electron chi connectivity index (χ2n) is 9.49. The van der Waals surface area contributed by atoms with Crippen LogP contribution in [0.3, 0.4) is 0 Å². The summed E-state index contributed by atoms with van der Waals surface area (Å²) < 4.78 is 3.87. The first-order valence-electron chi connectivity index (χ1n) is 12.9. The lowest BCUT2D eigenvalue weighted by molar-refractivity contribution is 0.473. The molecule has 0 fully saturated rings. The van der Waals surface area contributed by atoms with Gasteiger partial charge >= 0.3 is 0 Å². The molecule has 0 radical (unpaired) electrons. The average molecular weight is 529 g/mol. The Labute approximate surface area is 231 Å². The molecule has 0 saturated carbocycles. The summed E-state index contributed by atoms with van der Waals surface area (Å²) in [5.74, 6) is 1.28. The van der Waals surface area contributed by atoms with E-state index in [1.54, 1.807) is 12.4 Å². The van der Waals surface area contributed by atoms with Crippen molar-refractivity contribution in [1.29, 1.82) is 0 Å². The van der Waals surface area contributed by atoms with E-state index in [4.69, 9.17) is 0 Å². The molecule has 198 valence electrons. The van der Waals surface area contributed by atoms with Gasteiger partial charge in [0.2, 0.25) is 11.9 Å². The number of imidazole rings is 2. The van der Waals surface area contributed by atoms with Gasteiger partial charge in [-0.2, -0.15) is 10.2 Å². The average Bonchev–Trinajstić information content (AvgIpc) is 3.47. The van der Waals surface area contributed by atoms with Gasteiger partial charge in [0.25, 0.3) is 0 Å². The Morgan fingerprint density at radius 2 is 1.15 bits per heavy atom. The van der Waals surface area contributed by atoms with E-state index in [-0.39, 0.29) is 5.75 Å². The Bertz CT molecular complexity index is 1750. The molecule has 0 bridgehead atoms. The van der Waals surface area contributed by atoms with Crippen LogP contribution in [0, 0.1) is 0 Å². The lowest BCUT2D eigenvalue weighted by Gasteiger charge is -2.09. The van der Waals surface area contributed by atoms with E-state index in [9.17, 15) is 5.11 Å². The van der Waals surface area contributed by atoms with Gasteiger partial charge in [-0.1, -0.05) is 54.6 Å². The first-order chi connectivity index (χ1) is 19.6. The number of hydrogen-bond acceptors (Lipinski definition) is 7. The van der Waals surface area contributed by atoms with Crippen LogP contribution in [-0.4, -0.2) is 36.6 Å². The molecule has 0 aliphatic heterocycles. The van der Waals surface area contributed by atoms with E-state index < -0.39 is 0 Å². The van der Waals surface area contributed by atoms with Crippen LogP contribution in [-0.2, 0) is 20.5 Å². The number of rotatable bonds is 8. The molecule has 0 aliphatic carbocycles. The van der Waals surface area contributed by atoms with Crippen LogP contribution in [0.4, 0.5) is 11.9 Å². The molecule has 4 aromatic carbocycles. The van der Waals surface area contributed by atoms with Crippen LogP contribution in [0.15, 0.2) is 101 Å². The van der Waals surface area contributed by atoms with Gasteiger partial charge in [0.1, 0.15) is 5.75 Å². The van der Waals surface area contributed by atoms with Gasteiger partial charge in [0.15, 0.2) is 0 Å². The molecule has 0 spiro atoms. The number of phenols is 1. The fourth-order valence-corrected chi connectivity index (χ4v) is 4.69. The van der Waals surface area contributed by atoms with Crippen molar-refractivity contribution in [2.24, 2.45) is 24.3 Å². The highest BCUT2D eigenvalue weighted by Crippen LogP contribution is 2.25. The molecule has 6 aromatic rings. The second kappa shape index (κ2) is 10.7. The first-order valence-corrected chi connectivity index (χ1v) is 12.9. The summed E-state index contributed by atoms with van der Waals surface area (Å²) in [7, 11) is 3.86. The lowest BCUT2D eigenvalue weighted by Crippen LogP contribution is -2.01. The van der Waals surface area contributed by atoms with Gasteiger partial charge in [-0.15, -0.1) is 0 Å². The van der Waals surface area contributed by atoms with Crippen molar-refractivity contribution in [2.45, 2.75) is 6.42 Å². The maximum Gasteiger partial charge on any atom is 0.224 e. The first kappa shape index (κ1) is 24.9. The largest absolute Gasteiger partial charge is 0.507 e. The van der Waals surface area contributed by atoms with Crippen molar-refractivity contribution in [3.05, 3.63) is 113 Å². The predicted octanol–water partition coefficient (Wildman–Crippen LogP) is 5.65. The van der Waals surface area contributed by atoms with Crippen LogP contribution < -0.4 is 10.9 Å². The number of hydrogen-bond donors (Lipinski definition) is 3. The highest BCUT2D eigenvalue weighted by Gasteiger charge is 2.11. The fourth-order valence-electron chi connectivity index (χ4n) is 4.69. The Balaban J connectivity index is 1.29. The fraction of sp³-hybridized carbons (Fsp3) is 0.0968. The molecule has 9 heteroatoms. The van der Waals surface area contributed by atoms with Crippen molar-refractivity contribution < 1.29 is 5.11 Å². The van der Waals surface area contributed by atoms with Crippen molar-refractivity contribution in [3.63, 3.8) is 0 Å². The van der Waals surface area contributed by atoms with Crippen molar-refractivity contribution in [1.82, 2.24) is 19.1 Å². The minimum Gasteiger partial charge on any atom is -0.507 e. The number of aromatic hydroxyl groups is 1. The summed E-state index contributed by atoms with van der Waals surface area (Å²) >= 11 is 0. The van der Waals surface area contributed by atoms with Gasteiger partial charge < -0.3 is 14.2 Å². The molecule has 3 N–H and O–H groups in total. The highest BCUT2D eigenvalue weighted by molar-refractivity contribution is 5.93. The molecule has 40 heavy (non-hydrogen) atoms. The zero-order valence-corrected chi connectivity index (χ0v) is 22.2. The van der Waals surface area contributed by atoms with Gasteiger partial charge in [0.05, 0.1) is 34.5 Å². The number of anilines is 2. The second-order valence-corrected chi connectivity index (χ2v) is 9.49. The van der Waals surface area contributed by atoms with Crippen LogP contribution in [0.5, 0.6) is 5.75 Å². The number of nitrogens with one attached hydrogen (secondary N) is 2. The molecular formula is C31H28N8O. The number of fused-ring (bicyclic) bond motifs is 2. The Kier molecular flexibility index (Phi) is 6.68. The summed E-state index contributed by atoms with van der Waals surface area (Å²) in [5, 5.41) is 19.9. The van der Waals surface area contributed by atoms with E-state index in [1.165, 1.54) is 0 Å². The third kappa shape index (κ3) is 5.00. The quantitative estimate of drug-likeness (QED) is 0.175. The molecule has 9 nitrogen and oxygen atoms in total. The normalized spacial score (nSPS) is 11.8. The number of aromatic nitrogens is 4. The number of phenolic OH excluding ortho intramolecular Hbond substituents is 1. The van der Waals surface area contributed by atoms with Gasteiger partial charge in [-0.25, -0.2) is 20.8 Å².